The van der Waals surface area contributed by atoms with Crippen LogP contribution in [0.15, 0.2) is 42.0 Å². The molecule has 1 atom stereocenters. The molecule has 1 unspecified atom stereocenters. The molecule has 1 fully saturated rings. The second kappa shape index (κ2) is 7.56. The van der Waals surface area contributed by atoms with Gasteiger partial charge >= 0.3 is 11.9 Å². The van der Waals surface area contributed by atoms with Gasteiger partial charge in [-0.15, -0.1) is 0 Å². The molecule has 1 aliphatic rings. The number of hydrogen-bond donors (Lipinski definition) is 1. The normalized spacial score (nSPS) is 18.9. The van der Waals surface area contributed by atoms with Crippen LogP contribution in [0, 0.1) is 0 Å². The van der Waals surface area contributed by atoms with Crippen molar-refractivity contribution >= 4 is 11.9 Å². The van der Waals surface area contributed by atoms with E-state index in [9.17, 15) is 9.59 Å². The summed E-state index contributed by atoms with van der Waals surface area (Å²) in [6.07, 6.45) is 0.921. The molecule has 21 heavy (non-hydrogen) atoms. The summed E-state index contributed by atoms with van der Waals surface area (Å²) in [4.78, 5) is 22.7. The Labute approximate surface area is 122 Å². The molecule has 6 heteroatoms. The maximum Gasteiger partial charge on any atom is 0.330 e. The van der Waals surface area contributed by atoms with Gasteiger partial charge in [-0.25, -0.2) is 4.79 Å². The smallest absolute Gasteiger partial charge is 0.330 e. The predicted molar refractivity (Wildman–Crippen MR) is 74.1 cm³/mol. The fourth-order valence-electron chi connectivity index (χ4n) is 1.75. The van der Waals surface area contributed by atoms with E-state index in [1.807, 2.05) is 30.3 Å². The molecule has 0 saturated carbocycles. The van der Waals surface area contributed by atoms with E-state index in [2.05, 4.69) is 10.1 Å². The minimum Gasteiger partial charge on any atom is -0.466 e. The number of rotatable bonds is 6. The number of esters is 2. The summed E-state index contributed by atoms with van der Waals surface area (Å²) in [5, 5.41) is 2.86. The molecule has 1 saturated heterocycles. The Kier molecular flexibility index (Phi) is 5.48. The molecule has 0 amide bonds. The molecule has 0 spiro atoms. The fourth-order valence-corrected chi connectivity index (χ4v) is 1.75. The maximum atomic E-state index is 11.6. The lowest BCUT2D eigenvalue weighted by Crippen LogP contribution is -2.46. The van der Waals surface area contributed by atoms with E-state index in [0.717, 1.165) is 11.1 Å². The third kappa shape index (κ3) is 4.70. The third-order valence-corrected chi connectivity index (χ3v) is 2.93. The highest BCUT2D eigenvalue weighted by Crippen LogP contribution is 2.16. The first-order valence-electron chi connectivity index (χ1n) is 6.52. The number of methoxy groups -OCH3 is 1. The van der Waals surface area contributed by atoms with E-state index in [4.69, 9.17) is 9.47 Å². The van der Waals surface area contributed by atoms with Gasteiger partial charge in [0.25, 0.3) is 0 Å². The molecule has 1 aliphatic heterocycles. The topological polar surface area (TPSA) is 73.9 Å². The van der Waals surface area contributed by atoms with Crippen LogP contribution in [-0.2, 0) is 30.4 Å². The molecule has 0 radical (unpaired) electrons. The first-order chi connectivity index (χ1) is 10.2. The second-order valence-corrected chi connectivity index (χ2v) is 4.46. The van der Waals surface area contributed by atoms with E-state index < -0.39 is 12.2 Å². The fraction of sp³-hybridized carbons (Fsp3) is 0.333. The Morgan fingerprint density at radius 3 is 2.76 bits per heavy atom. The summed E-state index contributed by atoms with van der Waals surface area (Å²) in [5.74, 6) is -0.821. The quantitative estimate of drug-likeness (QED) is 0.616. The lowest BCUT2D eigenvalue weighted by molar-refractivity contribution is -0.145. The zero-order valence-electron chi connectivity index (χ0n) is 11.7. The molecule has 1 aromatic rings. The highest BCUT2D eigenvalue weighted by atomic mass is 16.5. The number of nitrogens with one attached hydrogen (secondary N) is 1. The molecule has 1 heterocycles. The minimum absolute atomic E-state index is 0.00993. The average Bonchev–Trinajstić information content (AvgIpc) is 2.50. The lowest BCUT2D eigenvalue weighted by Gasteiger charge is -2.30. The number of carbonyl (C=O) groups excluding carboxylic acids is 2. The lowest BCUT2D eigenvalue weighted by atomic mass is 10.1. The molecule has 1 N–H and O–H groups in total. The molecular formula is C15H17NO5. The van der Waals surface area contributed by atoms with Gasteiger partial charge in [0.05, 0.1) is 20.3 Å². The molecule has 0 aliphatic carbocycles. The Bertz CT molecular complexity index is 526. The van der Waals surface area contributed by atoms with Crippen molar-refractivity contribution in [1.82, 2.24) is 5.32 Å². The van der Waals surface area contributed by atoms with Crippen LogP contribution in [0.2, 0.25) is 0 Å². The highest BCUT2D eigenvalue weighted by Gasteiger charge is 2.26. The summed E-state index contributed by atoms with van der Waals surface area (Å²) in [6.45, 7) is 0.597. The second-order valence-electron chi connectivity index (χ2n) is 4.46. The van der Waals surface area contributed by atoms with Gasteiger partial charge < -0.3 is 14.2 Å². The Balaban J connectivity index is 1.70. The molecule has 112 valence electrons. The van der Waals surface area contributed by atoms with Crippen molar-refractivity contribution in [3.8, 4) is 0 Å². The van der Waals surface area contributed by atoms with Crippen LogP contribution in [0.3, 0.4) is 0 Å². The number of benzene rings is 1. The van der Waals surface area contributed by atoms with Crippen LogP contribution < -0.4 is 5.32 Å². The Hall–Kier alpha value is -2.18. The Morgan fingerprint density at radius 2 is 2.14 bits per heavy atom. The van der Waals surface area contributed by atoms with Gasteiger partial charge in [0, 0.05) is 11.6 Å². The van der Waals surface area contributed by atoms with Crippen LogP contribution in [-0.4, -0.2) is 38.4 Å². The van der Waals surface area contributed by atoms with E-state index in [1.54, 1.807) is 0 Å². The van der Waals surface area contributed by atoms with Crippen LogP contribution in [0.5, 0.6) is 0 Å². The molecule has 1 aromatic carbocycles. The predicted octanol–water partition coefficient (Wildman–Crippen LogP) is 0.775. The summed E-state index contributed by atoms with van der Waals surface area (Å²) >= 11 is 0. The molecule has 6 nitrogen and oxygen atoms in total. The van der Waals surface area contributed by atoms with Gasteiger partial charge in [-0.3, -0.25) is 10.1 Å². The van der Waals surface area contributed by atoms with Crippen molar-refractivity contribution in [2.75, 3.05) is 20.3 Å². The highest BCUT2D eigenvalue weighted by molar-refractivity contribution is 5.83. The van der Waals surface area contributed by atoms with E-state index >= 15 is 0 Å². The zero-order valence-corrected chi connectivity index (χ0v) is 11.7. The number of ether oxygens (including phenoxy) is 3. The maximum absolute atomic E-state index is 11.6. The van der Waals surface area contributed by atoms with Gasteiger partial charge in [0.15, 0.2) is 0 Å². The minimum atomic E-state index is -0.438. The van der Waals surface area contributed by atoms with Crippen molar-refractivity contribution in [2.24, 2.45) is 0 Å². The van der Waals surface area contributed by atoms with E-state index in [1.165, 1.54) is 13.2 Å². The first-order valence-corrected chi connectivity index (χ1v) is 6.52. The van der Waals surface area contributed by atoms with E-state index in [-0.39, 0.29) is 19.1 Å². The Morgan fingerprint density at radius 1 is 1.38 bits per heavy atom. The van der Waals surface area contributed by atoms with Gasteiger partial charge in [-0.05, 0) is 5.56 Å². The summed E-state index contributed by atoms with van der Waals surface area (Å²) in [6, 6.07) is 9.43. The first kappa shape index (κ1) is 15.2. The molecule has 2 rings (SSSR count). The van der Waals surface area contributed by atoms with E-state index in [0.29, 0.717) is 6.61 Å². The van der Waals surface area contributed by atoms with Gasteiger partial charge in [0.1, 0.15) is 12.8 Å². The summed E-state index contributed by atoms with van der Waals surface area (Å²) < 4.78 is 14.9. The largest absolute Gasteiger partial charge is 0.466 e. The molecular weight excluding hydrogens is 274 g/mol. The van der Waals surface area contributed by atoms with Gasteiger partial charge in [-0.1, -0.05) is 30.3 Å². The van der Waals surface area contributed by atoms with Crippen LogP contribution >= 0.6 is 0 Å². The van der Waals surface area contributed by atoms with Crippen LogP contribution in [0.1, 0.15) is 5.56 Å². The number of hydrogen-bond acceptors (Lipinski definition) is 6. The third-order valence-electron chi connectivity index (χ3n) is 2.93. The van der Waals surface area contributed by atoms with Gasteiger partial charge in [0.2, 0.25) is 0 Å². The van der Waals surface area contributed by atoms with Crippen molar-refractivity contribution in [3.63, 3.8) is 0 Å². The van der Waals surface area contributed by atoms with Crippen LogP contribution in [0.4, 0.5) is 0 Å². The van der Waals surface area contributed by atoms with Crippen molar-refractivity contribution in [2.45, 2.75) is 12.8 Å². The van der Waals surface area contributed by atoms with Gasteiger partial charge in [-0.2, -0.15) is 0 Å². The van der Waals surface area contributed by atoms with Crippen molar-refractivity contribution < 1.29 is 23.8 Å². The SMILES string of the molecule is COC(=O)C=C1COC1NCC(=O)OCc1ccccc1. The summed E-state index contributed by atoms with van der Waals surface area (Å²) in [5.41, 5.74) is 1.68. The van der Waals surface area contributed by atoms with Crippen LogP contribution in [0.25, 0.3) is 0 Å². The summed E-state index contributed by atoms with van der Waals surface area (Å²) in [7, 11) is 1.31. The molecule has 0 bridgehead atoms. The molecule has 0 aromatic heterocycles. The van der Waals surface area contributed by atoms with Crippen molar-refractivity contribution in [1.29, 1.82) is 0 Å². The zero-order chi connectivity index (χ0) is 15.1. The van der Waals surface area contributed by atoms with Crippen molar-refractivity contribution in [3.05, 3.63) is 47.5 Å². The average molecular weight is 291 g/mol. The number of carbonyl (C=O) groups is 2. The monoisotopic (exact) mass is 291 g/mol. The standard InChI is InChI=1S/C15H17NO5/c1-19-13(17)7-12-10-21-15(12)16-8-14(18)20-9-11-5-3-2-4-6-11/h2-7,15-16H,8-10H2,1H3.